The van der Waals surface area contributed by atoms with E-state index in [0.717, 1.165) is 25.7 Å². The third-order valence-corrected chi connectivity index (χ3v) is 4.22. The fraction of sp³-hybridized carbons (Fsp3) is 0.917. The molecule has 1 saturated carbocycles. The first-order chi connectivity index (χ1) is 7.91. The van der Waals surface area contributed by atoms with Crippen molar-refractivity contribution in [2.75, 3.05) is 12.0 Å². The molecule has 0 aromatic rings. The molecule has 100 valence electrons. The minimum absolute atomic E-state index is 0.00708. The molecule has 2 unspecified atom stereocenters. The zero-order chi connectivity index (χ0) is 12.9. The molecule has 2 atom stereocenters. The van der Waals surface area contributed by atoms with Crippen molar-refractivity contribution < 1.29 is 9.00 Å². The summed E-state index contributed by atoms with van der Waals surface area (Å²) in [6.07, 6.45) is 7.40. The number of hydrogen-bond donors (Lipinski definition) is 2. The number of amides is 1. The molecule has 0 aliphatic heterocycles. The zero-order valence-electron chi connectivity index (χ0n) is 10.8. The molecule has 0 spiro atoms. The van der Waals surface area contributed by atoms with E-state index < -0.39 is 10.8 Å². The highest BCUT2D eigenvalue weighted by Gasteiger charge is 2.30. The van der Waals surface area contributed by atoms with Crippen LogP contribution in [-0.4, -0.2) is 33.7 Å². The van der Waals surface area contributed by atoms with Gasteiger partial charge in [-0.25, -0.2) is 0 Å². The first-order valence-corrected chi connectivity index (χ1v) is 8.02. The fourth-order valence-corrected chi connectivity index (χ4v) is 3.26. The van der Waals surface area contributed by atoms with Gasteiger partial charge in [0, 0.05) is 40.8 Å². The third kappa shape index (κ3) is 5.64. The largest absolute Gasteiger partial charge is 0.353 e. The van der Waals surface area contributed by atoms with Crippen LogP contribution in [-0.2, 0) is 15.6 Å². The van der Waals surface area contributed by atoms with Crippen LogP contribution in [0.2, 0.25) is 0 Å². The summed E-state index contributed by atoms with van der Waals surface area (Å²) < 4.78 is 11.0. The number of rotatable bonds is 5. The minimum Gasteiger partial charge on any atom is -0.353 e. The Kier molecular flexibility index (Phi) is 5.59. The second kappa shape index (κ2) is 6.50. The number of carbonyl (C=O) groups is 1. The van der Waals surface area contributed by atoms with Crippen molar-refractivity contribution in [3.8, 4) is 0 Å². The summed E-state index contributed by atoms with van der Waals surface area (Å²) in [5.41, 5.74) is 5.90. The predicted molar refractivity (Wildman–Crippen MR) is 71.2 cm³/mol. The molecular weight excluding hydrogens is 236 g/mol. The summed E-state index contributed by atoms with van der Waals surface area (Å²) in [4.78, 5) is 11.8. The van der Waals surface area contributed by atoms with Gasteiger partial charge in [0.05, 0.1) is 0 Å². The standard InChI is InChI=1S/C12H24N2O2S/c1-10(9-17(2)16)14-11(15)8-12(13)6-4-3-5-7-12/h10H,3-9,13H2,1-2H3,(H,14,15). The number of nitrogens with two attached hydrogens (primary N) is 1. The average Bonchev–Trinajstić information content (AvgIpc) is 2.15. The molecule has 1 aliphatic carbocycles. The lowest BCUT2D eigenvalue weighted by Crippen LogP contribution is -2.47. The van der Waals surface area contributed by atoms with Crippen molar-refractivity contribution in [1.29, 1.82) is 0 Å². The highest BCUT2D eigenvalue weighted by atomic mass is 32.2. The maximum absolute atomic E-state index is 11.8. The van der Waals surface area contributed by atoms with Gasteiger partial charge < -0.3 is 11.1 Å². The van der Waals surface area contributed by atoms with Crippen LogP contribution in [0.3, 0.4) is 0 Å². The van der Waals surface area contributed by atoms with Crippen molar-refractivity contribution >= 4 is 16.7 Å². The average molecular weight is 260 g/mol. The van der Waals surface area contributed by atoms with Gasteiger partial charge in [0.15, 0.2) is 0 Å². The molecule has 4 nitrogen and oxygen atoms in total. The van der Waals surface area contributed by atoms with Crippen molar-refractivity contribution in [1.82, 2.24) is 5.32 Å². The Morgan fingerprint density at radius 1 is 1.41 bits per heavy atom. The molecule has 1 amide bonds. The van der Waals surface area contributed by atoms with Crippen LogP contribution in [0, 0.1) is 0 Å². The highest BCUT2D eigenvalue weighted by Crippen LogP contribution is 2.28. The summed E-state index contributed by atoms with van der Waals surface area (Å²) in [6.45, 7) is 1.88. The Hall–Kier alpha value is -0.420. The van der Waals surface area contributed by atoms with E-state index in [1.165, 1.54) is 6.42 Å². The smallest absolute Gasteiger partial charge is 0.222 e. The molecule has 1 rings (SSSR count). The van der Waals surface area contributed by atoms with Crippen LogP contribution in [0.5, 0.6) is 0 Å². The lowest BCUT2D eigenvalue weighted by molar-refractivity contribution is -0.123. The number of nitrogens with one attached hydrogen (secondary N) is 1. The van der Waals surface area contributed by atoms with E-state index in [4.69, 9.17) is 5.73 Å². The van der Waals surface area contributed by atoms with Crippen molar-refractivity contribution in [3.63, 3.8) is 0 Å². The van der Waals surface area contributed by atoms with Gasteiger partial charge in [-0.15, -0.1) is 0 Å². The van der Waals surface area contributed by atoms with Crippen LogP contribution < -0.4 is 11.1 Å². The van der Waals surface area contributed by atoms with E-state index >= 15 is 0 Å². The van der Waals surface area contributed by atoms with Gasteiger partial charge >= 0.3 is 0 Å². The maximum Gasteiger partial charge on any atom is 0.222 e. The first-order valence-electron chi connectivity index (χ1n) is 6.29. The van der Waals surface area contributed by atoms with Crippen LogP contribution in [0.4, 0.5) is 0 Å². The van der Waals surface area contributed by atoms with Gasteiger partial charge in [0.1, 0.15) is 0 Å². The molecule has 17 heavy (non-hydrogen) atoms. The molecule has 1 aliphatic rings. The quantitative estimate of drug-likeness (QED) is 0.772. The second-order valence-corrected chi connectivity index (χ2v) is 6.79. The molecule has 0 radical (unpaired) electrons. The third-order valence-electron chi connectivity index (χ3n) is 3.25. The topological polar surface area (TPSA) is 72.2 Å². The fourth-order valence-electron chi connectivity index (χ4n) is 2.47. The van der Waals surface area contributed by atoms with Crippen LogP contribution >= 0.6 is 0 Å². The maximum atomic E-state index is 11.8. The highest BCUT2D eigenvalue weighted by molar-refractivity contribution is 7.84. The predicted octanol–water partition coefficient (Wildman–Crippen LogP) is 0.921. The lowest BCUT2D eigenvalue weighted by atomic mass is 9.80. The summed E-state index contributed by atoms with van der Waals surface area (Å²) in [5.74, 6) is 0.496. The Morgan fingerprint density at radius 3 is 2.53 bits per heavy atom. The molecule has 0 aromatic heterocycles. The molecule has 5 heteroatoms. The van der Waals surface area contributed by atoms with E-state index in [0.29, 0.717) is 12.2 Å². The molecular formula is C12H24N2O2S. The minimum atomic E-state index is -0.875. The van der Waals surface area contributed by atoms with Gasteiger partial charge in [-0.2, -0.15) is 0 Å². The van der Waals surface area contributed by atoms with E-state index in [-0.39, 0.29) is 17.5 Å². The molecule has 0 aromatic carbocycles. The molecule has 0 heterocycles. The van der Waals surface area contributed by atoms with Gasteiger partial charge in [0.2, 0.25) is 5.91 Å². The van der Waals surface area contributed by atoms with Gasteiger partial charge in [-0.05, 0) is 19.8 Å². The van der Waals surface area contributed by atoms with Crippen LogP contribution in [0.1, 0.15) is 45.4 Å². The van der Waals surface area contributed by atoms with E-state index in [2.05, 4.69) is 5.32 Å². The summed E-state index contributed by atoms with van der Waals surface area (Å²) >= 11 is 0. The van der Waals surface area contributed by atoms with E-state index in [1.807, 2.05) is 6.92 Å². The normalized spacial score (nSPS) is 22.8. The second-order valence-electron chi connectivity index (χ2n) is 5.31. The molecule has 0 saturated heterocycles. The molecule has 3 N–H and O–H groups in total. The van der Waals surface area contributed by atoms with E-state index in [1.54, 1.807) is 6.26 Å². The lowest BCUT2D eigenvalue weighted by Gasteiger charge is -2.33. The van der Waals surface area contributed by atoms with Crippen molar-refractivity contribution in [2.24, 2.45) is 5.73 Å². The van der Waals surface area contributed by atoms with Gasteiger partial charge in [0.25, 0.3) is 0 Å². The van der Waals surface area contributed by atoms with Gasteiger partial charge in [-0.3, -0.25) is 9.00 Å². The van der Waals surface area contributed by atoms with Crippen LogP contribution in [0.15, 0.2) is 0 Å². The first kappa shape index (κ1) is 14.6. The Bertz CT molecular complexity index is 288. The summed E-state index contributed by atoms with van der Waals surface area (Å²) in [6, 6.07) is -0.0412. The zero-order valence-corrected chi connectivity index (χ0v) is 11.6. The number of hydrogen-bond acceptors (Lipinski definition) is 3. The van der Waals surface area contributed by atoms with Crippen LogP contribution in [0.25, 0.3) is 0 Å². The SMILES string of the molecule is CC(CS(C)=O)NC(=O)CC1(N)CCCCC1. The summed E-state index contributed by atoms with van der Waals surface area (Å²) in [7, 11) is -0.875. The Labute approximate surface area is 106 Å². The van der Waals surface area contributed by atoms with Crippen molar-refractivity contribution in [3.05, 3.63) is 0 Å². The van der Waals surface area contributed by atoms with Crippen molar-refractivity contribution in [2.45, 2.75) is 57.0 Å². The Balaban J connectivity index is 2.35. The van der Waals surface area contributed by atoms with Gasteiger partial charge in [-0.1, -0.05) is 19.3 Å². The molecule has 0 bridgehead atoms. The number of carbonyl (C=O) groups excluding carboxylic acids is 1. The van der Waals surface area contributed by atoms with E-state index in [9.17, 15) is 9.00 Å². The monoisotopic (exact) mass is 260 g/mol. The Morgan fingerprint density at radius 2 is 2.00 bits per heavy atom. The molecule has 1 fully saturated rings. The summed E-state index contributed by atoms with van der Waals surface area (Å²) in [5, 5.41) is 2.87.